The maximum Gasteiger partial charge on any atom is 0.324 e. The van der Waals surface area contributed by atoms with E-state index in [4.69, 9.17) is 16.3 Å². The summed E-state index contributed by atoms with van der Waals surface area (Å²) in [7, 11) is 1.80. The summed E-state index contributed by atoms with van der Waals surface area (Å²) in [4.78, 5) is 27.5. The van der Waals surface area contributed by atoms with Crippen LogP contribution in [0.5, 0.6) is 5.75 Å². The van der Waals surface area contributed by atoms with Crippen LogP contribution < -0.4 is 15.4 Å². The molecule has 0 spiro atoms. The van der Waals surface area contributed by atoms with Crippen LogP contribution in [0.1, 0.15) is 49.0 Å². The summed E-state index contributed by atoms with van der Waals surface area (Å²) < 4.78 is 8.38. The van der Waals surface area contributed by atoms with E-state index in [1.807, 2.05) is 23.1 Å². The second-order valence-corrected chi connectivity index (χ2v) is 11.3. The lowest BCUT2D eigenvalue weighted by Gasteiger charge is -2.32. The van der Waals surface area contributed by atoms with E-state index in [2.05, 4.69) is 36.5 Å². The molecule has 1 saturated heterocycles. The number of nitrogens with one attached hydrogen (secondary N) is 2. The normalized spacial score (nSPS) is 14.6. The Bertz CT molecular complexity index is 1190. The van der Waals surface area contributed by atoms with E-state index < -0.39 is 0 Å². The van der Waals surface area contributed by atoms with Gasteiger partial charge in [0.2, 0.25) is 0 Å². The monoisotopic (exact) mass is 515 g/mol. The van der Waals surface area contributed by atoms with Gasteiger partial charge in [0.25, 0.3) is 5.91 Å². The van der Waals surface area contributed by atoms with E-state index in [0.29, 0.717) is 33.8 Å². The molecular formula is C25H30ClN5O3S. The first kappa shape index (κ1) is 25.1. The molecule has 1 aromatic carbocycles. The molecule has 35 heavy (non-hydrogen) atoms. The molecule has 2 N–H and O–H groups in total. The van der Waals surface area contributed by atoms with Crippen molar-refractivity contribution in [2.75, 3.05) is 23.7 Å². The number of ether oxygens (including phenoxy) is 1. The van der Waals surface area contributed by atoms with Crippen molar-refractivity contribution in [1.29, 1.82) is 0 Å². The first-order valence-electron chi connectivity index (χ1n) is 11.5. The molecule has 0 bridgehead atoms. The standard InChI is InChI=1S/C25H30ClN5O3S/c1-25(2,3)20-15-22(30(4)29-20)28-24(33)27-16-5-7-17(8-6-16)34-18-11-13-31(14-12-18)23(32)19-9-10-21(26)35-19/h5-10,15,18H,11-14H2,1-4H3,(H2,27,28,33). The van der Waals surface area contributed by atoms with Crippen molar-refractivity contribution in [1.82, 2.24) is 14.7 Å². The molecule has 3 aromatic rings. The maximum absolute atomic E-state index is 12.6. The number of amides is 3. The quantitative estimate of drug-likeness (QED) is 0.452. The summed E-state index contributed by atoms with van der Waals surface area (Å²) in [6.07, 6.45) is 1.55. The molecule has 2 aromatic heterocycles. The lowest BCUT2D eigenvalue weighted by molar-refractivity contribution is 0.0600. The minimum Gasteiger partial charge on any atom is -0.490 e. The van der Waals surface area contributed by atoms with E-state index in [1.54, 1.807) is 36.0 Å². The Kier molecular flexibility index (Phi) is 7.37. The van der Waals surface area contributed by atoms with E-state index >= 15 is 0 Å². The number of thiophene rings is 1. The number of halogens is 1. The highest BCUT2D eigenvalue weighted by Gasteiger charge is 2.25. The van der Waals surface area contributed by atoms with Gasteiger partial charge in [0, 0.05) is 50.1 Å². The smallest absolute Gasteiger partial charge is 0.324 e. The summed E-state index contributed by atoms with van der Waals surface area (Å²) in [5, 5.41) is 10.1. The van der Waals surface area contributed by atoms with Gasteiger partial charge in [0.1, 0.15) is 17.7 Å². The Labute approximate surface area is 214 Å². The zero-order valence-corrected chi connectivity index (χ0v) is 21.9. The first-order chi connectivity index (χ1) is 16.6. The fourth-order valence-electron chi connectivity index (χ4n) is 3.80. The molecular weight excluding hydrogens is 486 g/mol. The van der Waals surface area contributed by atoms with E-state index in [1.165, 1.54) is 11.3 Å². The zero-order valence-electron chi connectivity index (χ0n) is 20.3. The molecule has 1 aliphatic heterocycles. The number of piperidine rings is 1. The molecule has 3 amide bonds. The Morgan fingerprint density at radius 1 is 1.09 bits per heavy atom. The number of hydrogen-bond donors (Lipinski definition) is 2. The first-order valence-corrected chi connectivity index (χ1v) is 12.7. The number of aryl methyl sites for hydroxylation is 1. The number of urea groups is 1. The van der Waals surface area contributed by atoms with Crippen molar-refractivity contribution in [3.63, 3.8) is 0 Å². The van der Waals surface area contributed by atoms with E-state index in [0.717, 1.165) is 24.3 Å². The number of hydrogen-bond acceptors (Lipinski definition) is 5. The summed E-state index contributed by atoms with van der Waals surface area (Å²) in [6.45, 7) is 7.51. The Morgan fingerprint density at radius 2 is 1.77 bits per heavy atom. The van der Waals surface area contributed by atoms with Crippen molar-refractivity contribution >= 4 is 46.4 Å². The van der Waals surface area contributed by atoms with Crippen molar-refractivity contribution in [3.8, 4) is 5.75 Å². The van der Waals surface area contributed by atoms with Gasteiger partial charge < -0.3 is 15.0 Å². The molecule has 0 unspecified atom stereocenters. The minimum absolute atomic E-state index is 0.0230. The van der Waals surface area contributed by atoms with Gasteiger partial charge in [-0.05, 0) is 36.4 Å². The number of carbonyl (C=O) groups is 2. The van der Waals surface area contributed by atoms with Crippen LogP contribution in [0.25, 0.3) is 0 Å². The van der Waals surface area contributed by atoms with E-state index in [-0.39, 0.29) is 23.5 Å². The zero-order chi connectivity index (χ0) is 25.2. The topological polar surface area (TPSA) is 88.5 Å². The Morgan fingerprint density at radius 3 is 2.34 bits per heavy atom. The van der Waals surface area contributed by atoms with Gasteiger partial charge in [0.05, 0.1) is 14.9 Å². The number of aromatic nitrogens is 2. The summed E-state index contributed by atoms with van der Waals surface area (Å²) >= 11 is 7.26. The molecule has 0 saturated carbocycles. The summed E-state index contributed by atoms with van der Waals surface area (Å²) in [5.74, 6) is 1.38. The molecule has 1 fully saturated rings. The molecule has 0 atom stereocenters. The van der Waals surface area contributed by atoms with Crippen LogP contribution in [0.2, 0.25) is 4.34 Å². The van der Waals surface area contributed by atoms with Crippen molar-refractivity contribution in [2.24, 2.45) is 7.05 Å². The molecule has 1 aliphatic rings. The van der Waals surface area contributed by atoms with Crippen LogP contribution in [0.3, 0.4) is 0 Å². The molecule has 3 heterocycles. The Hall–Kier alpha value is -3.04. The molecule has 186 valence electrons. The fourth-order valence-corrected chi connectivity index (χ4v) is 4.81. The Balaban J connectivity index is 1.25. The van der Waals surface area contributed by atoms with Gasteiger partial charge in [-0.2, -0.15) is 5.10 Å². The molecule has 8 nitrogen and oxygen atoms in total. The maximum atomic E-state index is 12.6. The van der Waals surface area contributed by atoms with Crippen molar-refractivity contribution in [3.05, 3.63) is 57.4 Å². The lowest BCUT2D eigenvalue weighted by Crippen LogP contribution is -2.41. The van der Waals surface area contributed by atoms with E-state index in [9.17, 15) is 9.59 Å². The predicted octanol–water partition coefficient (Wildman–Crippen LogP) is 5.76. The van der Waals surface area contributed by atoms with Gasteiger partial charge in [-0.25, -0.2) is 4.79 Å². The SMILES string of the molecule is Cn1nc(C(C)(C)C)cc1NC(=O)Nc1ccc(OC2CCN(C(=O)c3ccc(Cl)s3)CC2)cc1. The third-order valence-electron chi connectivity index (χ3n) is 5.82. The van der Waals surface area contributed by atoms with Crippen molar-refractivity contribution < 1.29 is 14.3 Å². The van der Waals surface area contributed by atoms with Crippen LogP contribution in [-0.2, 0) is 12.5 Å². The van der Waals surface area contributed by atoms with Crippen LogP contribution in [0.4, 0.5) is 16.3 Å². The summed E-state index contributed by atoms with van der Waals surface area (Å²) in [5.41, 5.74) is 1.46. The highest BCUT2D eigenvalue weighted by atomic mass is 35.5. The third kappa shape index (κ3) is 6.35. The molecule has 0 radical (unpaired) electrons. The second kappa shape index (κ2) is 10.3. The van der Waals surface area contributed by atoms with Gasteiger partial charge in [-0.1, -0.05) is 32.4 Å². The number of rotatable bonds is 5. The highest BCUT2D eigenvalue weighted by molar-refractivity contribution is 7.17. The lowest BCUT2D eigenvalue weighted by atomic mass is 9.92. The second-order valence-electron chi connectivity index (χ2n) is 9.61. The van der Waals surface area contributed by atoms with Crippen LogP contribution in [-0.4, -0.2) is 45.8 Å². The van der Waals surface area contributed by atoms with Crippen molar-refractivity contribution in [2.45, 2.75) is 45.1 Å². The number of likely N-dealkylation sites (tertiary alicyclic amines) is 1. The van der Waals surface area contributed by atoms with Crippen LogP contribution in [0.15, 0.2) is 42.5 Å². The predicted molar refractivity (Wildman–Crippen MR) is 140 cm³/mol. The highest BCUT2D eigenvalue weighted by Crippen LogP contribution is 2.26. The number of nitrogens with zero attached hydrogens (tertiary/aromatic N) is 3. The fraction of sp³-hybridized carbons (Fsp3) is 0.400. The van der Waals surface area contributed by atoms with Crippen LogP contribution >= 0.6 is 22.9 Å². The van der Waals surface area contributed by atoms with Crippen LogP contribution in [0, 0.1) is 0 Å². The third-order valence-corrected chi connectivity index (χ3v) is 7.04. The van der Waals surface area contributed by atoms with Gasteiger partial charge >= 0.3 is 6.03 Å². The minimum atomic E-state index is -0.341. The average Bonchev–Trinajstić information content (AvgIpc) is 3.41. The van der Waals surface area contributed by atoms with Gasteiger partial charge in [-0.15, -0.1) is 11.3 Å². The van der Waals surface area contributed by atoms with Gasteiger partial charge in [-0.3, -0.25) is 14.8 Å². The largest absolute Gasteiger partial charge is 0.490 e. The number of carbonyl (C=O) groups excluding carboxylic acids is 2. The molecule has 10 heteroatoms. The summed E-state index contributed by atoms with van der Waals surface area (Å²) in [6, 6.07) is 12.3. The molecule has 0 aliphatic carbocycles. The molecule has 4 rings (SSSR count). The average molecular weight is 516 g/mol. The number of anilines is 2. The van der Waals surface area contributed by atoms with Gasteiger partial charge in [0.15, 0.2) is 0 Å². The number of benzene rings is 1.